The third-order valence-corrected chi connectivity index (χ3v) is 3.31. The summed E-state index contributed by atoms with van der Waals surface area (Å²) in [6.07, 6.45) is 2.55. The molecular formula is C16H19FN2O. The van der Waals surface area contributed by atoms with E-state index in [-0.39, 0.29) is 17.6 Å². The van der Waals surface area contributed by atoms with Gasteiger partial charge in [0.25, 0.3) is 0 Å². The van der Waals surface area contributed by atoms with E-state index in [1.807, 2.05) is 38.4 Å². The number of pyridine rings is 1. The van der Waals surface area contributed by atoms with Crippen molar-refractivity contribution >= 4 is 0 Å². The number of likely N-dealkylation sites (N-methyl/N-ethyl adjacent to an activating group) is 1. The maximum Gasteiger partial charge on any atom is 0.165 e. The van der Waals surface area contributed by atoms with Crippen molar-refractivity contribution in [3.63, 3.8) is 0 Å². The highest BCUT2D eigenvalue weighted by Gasteiger charge is 2.13. The lowest BCUT2D eigenvalue weighted by Gasteiger charge is -2.17. The number of aryl methyl sites for hydroxylation is 1. The molecule has 0 saturated heterocycles. The summed E-state index contributed by atoms with van der Waals surface area (Å²) >= 11 is 0. The second-order valence-electron chi connectivity index (χ2n) is 4.77. The van der Waals surface area contributed by atoms with Crippen LogP contribution < -0.4 is 10.1 Å². The molecule has 0 spiro atoms. The molecule has 20 heavy (non-hydrogen) atoms. The average molecular weight is 274 g/mol. The predicted octanol–water partition coefficient (Wildman–Crippen LogP) is 3.04. The van der Waals surface area contributed by atoms with Gasteiger partial charge in [-0.15, -0.1) is 0 Å². The number of hydrogen-bond donors (Lipinski definition) is 1. The van der Waals surface area contributed by atoms with Gasteiger partial charge in [-0.25, -0.2) is 4.39 Å². The molecule has 106 valence electrons. The molecule has 1 N–H and O–H groups in total. The molecular weight excluding hydrogens is 255 g/mol. The third-order valence-electron chi connectivity index (χ3n) is 3.31. The summed E-state index contributed by atoms with van der Waals surface area (Å²) in [6.45, 7) is 2.01. The fraction of sp³-hybridized carbons (Fsp3) is 0.312. The summed E-state index contributed by atoms with van der Waals surface area (Å²) in [5, 5.41) is 3.20. The highest BCUT2D eigenvalue weighted by atomic mass is 19.1. The zero-order valence-corrected chi connectivity index (χ0v) is 12.0. The van der Waals surface area contributed by atoms with Crippen molar-refractivity contribution < 1.29 is 9.13 Å². The minimum Gasteiger partial charge on any atom is -0.494 e. The number of aromatic nitrogens is 1. The van der Waals surface area contributed by atoms with Gasteiger partial charge in [0.05, 0.1) is 7.11 Å². The van der Waals surface area contributed by atoms with Crippen LogP contribution in [-0.4, -0.2) is 19.1 Å². The number of rotatable bonds is 5. The SMILES string of the molecule is CNC(Cc1ccc(C)cn1)c1ccc(OC)c(F)c1. The molecule has 0 radical (unpaired) electrons. The number of benzene rings is 1. The van der Waals surface area contributed by atoms with E-state index in [4.69, 9.17) is 4.74 Å². The van der Waals surface area contributed by atoms with Crippen LogP contribution in [-0.2, 0) is 6.42 Å². The molecule has 2 aromatic rings. The molecule has 4 heteroatoms. The van der Waals surface area contributed by atoms with E-state index in [0.717, 1.165) is 16.8 Å². The Balaban J connectivity index is 2.19. The van der Waals surface area contributed by atoms with Crippen LogP contribution in [0, 0.1) is 12.7 Å². The maximum atomic E-state index is 13.8. The van der Waals surface area contributed by atoms with Gasteiger partial charge in [-0.2, -0.15) is 0 Å². The highest BCUT2D eigenvalue weighted by Crippen LogP contribution is 2.23. The molecule has 1 heterocycles. The van der Waals surface area contributed by atoms with Crippen molar-refractivity contribution in [3.05, 3.63) is 59.2 Å². The summed E-state index contributed by atoms with van der Waals surface area (Å²) in [4.78, 5) is 4.39. The summed E-state index contributed by atoms with van der Waals surface area (Å²) in [5.74, 6) is -0.0841. The van der Waals surface area contributed by atoms with Gasteiger partial charge in [0.1, 0.15) is 0 Å². The lowest BCUT2D eigenvalue weighted by atomic mass is 10.0. The number of methoxy groups -OCH3 is 1. The molecule has 0 aliphatic heterocycles. The number of nitrogens with one attached hydrogen (secondary N) is 1. The van der Waals surface area contributed by atoms with Crippen molar-refractivity contribution in [2.24, 2.45) is 0 Å². The van der Waals surface area contributed by atoms with Gasteiger partial charge in [0.2, 0.25) is 0 Å². The van der Waals surface area contributed by atoms with Gasteiger partial charge in [-0.3, -0.25) is 4.98 Å². The van der Waals surface area contributed by atoms with Crippen LogP contribution in [0.25, 0.3) is 0 Å². The standard InChI is InChI=1S/C16H19FN2O/c1-11-4-6-13(19-10-11)9-15(18-2)12-5-7-16(20-3)14(17)8-12/h4-8,10,15,18H,9H2,1-3H3. The molecule has 0 fully saturated rings. The Morgan fingerprint density at radius 3 is 2.65 bits per heavy atom. The highest BCUT2D eigenvalue weighted by molar-refractivity contribution is 5.31. The monoisotopic (exact) mass is 274 g/mol. The van der Waals surface area contributed by atoms with E-state index < -0.39 is 0 Å². The van der Waals surface area contributed by atoms with Gasteiger partial charge in [0, 0.05) is 24.4 Å². The molecule has 1 atom stereocenters. The van der Waals surface area contributed by atoms with Gasteiger partial charge in [0.15, 0.2) is 11.6 Å². The van der Waals surface area contributed by atoms with Gasteiger partial charge >= 0.3 is 0 Å². The Hall–Kier alpha value is -1.94. The molecule has 0 aliphatic carbocycles. The lowest BCUT2D eigenvalue weighted by molar-refractivity contribution is 0.385. The van der Waals surface area contributed by atoms with E-state index in [1.165, 1.54) is 13.2 Å². The Bertz CT molecular complexity index is 569. The van der Waals surface area contributed by atoms with Crippen LogP contribution in [0.5, 0.6) is 5.75 Å². The Morgan fingerprint density at radius 2 is 2.10 bits per heavy atom. The first kappa shape index (κ1) is 14.5. The van der Waals surface area contributed by atoms with E-state index in [0.29, 0.717) is 6.42 Å². The number of halogens is 1. The van der Waals surface area contributed by atoms with Crippen molar-refractivity contribution in [3.8, 4) is 5.75 Å². The molecule has 0 amide bonds. The Morgan fingerprint density at radius 1 is 1.30 bits per heavy atom. The van der Waals surface area contributed by atoms with Crippen molar-refractivity contribution in [1.82, 2.24) is 10.3 Å². The molecule has 0 saturated carbocycles. The first-order valence-corrected chi connectivity index (χ1v) is 6.56. The zero-order valence-electron chi connectivity index (χ0n) is 12.0. The fourth-order valence-corrected chi connectivity index (χ4v) is 2.11. The molecule has 0 bridgehead atoms. The summed E-state index contributed by atoms with van der Waals surface area (Å²) < 4.78 is 18.7. The van der Waals surface area contributed by atoms with Crippen LogP contribution in [0.1, 0.15) is 22.9 Å². The first-order valence-electron chi connectivity index (χ1n) is 6.56. The molecule has 2 rings (SSSR count). The minimum absolute atomic E-state index is 0.0191. The van der Waals surface area contributed by atoms with E-state index in [1.54, 1.807) is 6.07 Å². The van der Waals surface area contributed by atoms with Crippen LogP contribution in [0.3, 0.4) is 0 Å². The van der Waals surface area contributed by atoms with Crippen molar-refractivity contribution in [2.75, 3.05) is 14.2 Å². The summed E-state index contributed by atoms with van der Waals surface area (Å²) in [6, 6.07) is 9.08. The lowest BCUT2D eigenvalue weighted by Crippen LogP contribution is -2.19. The van der Waals surface area contributed by atoms with E-state index >= 15 is 0 Å². The molecule has 1 aromatic carbocycles. The Kier molecular flexibility index (Phi) is 4.69. The minimum atomic E-state index is -0.345. The van der Waals surface area contributed by atoms with Crippen LogP contribution in [0.15, 0.2) is 36.5 Å². The molecule has 3 nitrogen and oxygen atoms in total. The zero-order chi connectivity index (χ0) is 14.5. The van der Waals surface area contributed by atoms with Gasteiger partial charge in [-0.1, -0.05) is 12.1 Å². The first-order chi connectivity index (χ1) is 9.63. The fourth-order valence-electron chi connectivity index (χ4n) is 2.11. The largest absolute Gasteiger partial charge is 0.494 e. The van der Waals surface area contributed by atoms with Gasteiger partial charge in [-0.05, 0) is 43.3 Å². The quantitative estimate of drug-likeness (QED) is 0.910. The summed E-state index contributed by atoms with van der Waals surface area (Å²) in [5.41, 5.74) is 2.99. The van der Waals surface area contributed by atoms with E-state index in [9.17, 15) is 4.39 Å². The molecule has 1 aromatic heterocycles. The van der Waals surface area contributed by atoms with E-state index in [2.05, 4.69) is 10.3 Å². The molecule has 0 aliphatic rings. The maximum absolute atomic E-state index is 13.8. The second kappa shape index (κ2) is 6.48. The average Bonchev–Trinajstić information content (AvgIpc) is 2.46. The van der Waals surface area contributed by atoms with Crippen LogP contribution >= 0.6 is 0 Å². The normalized spacial score (nSPS) is 12.2. The number of hydrogen-bond acceptors (Lipinski definition) is 3. The second-order valence-corrected chi connectivity index (χ2v) is 4.77. The van der Waals surface area contributed by atoms with Crippen LogP contribution in [0.4, 0.5) is 4.39 Å². The smallest absolute Gasteiger partial charge is 0.165 e. The number of nitrogens with zero attached hydrogens (tertiary/aromatic N) is 1. The topological polar surface area (TPSA) is 34.2 Å². The summed E-state index contributed by atoms with van der Waals surface area (Å²) in [7, 11) is 3.32. The predicted molar refractivity (Wildman–Crippen MR) is 77.4 cm³/mol. The number of ether oxygens (including phenoxy) is 1. The van der Waals surface area contributed by atoms with Crippen LogP contribution in [0.2, 0.25) is 0 Å². The third kappa shape index (κ3) is 3.33. The van der Waals surface area contributed by atoms with Gasteiger partial charge < -0.3 is 10.1 Å². The Labute approximate surface area is 118 Å². The van der Waals surface area contributed by atoms with Crippen molar-refractivity contribution in [1.29, 1.82) is 0 Å². The molecule has 1 unspecified atom stereocenters. The van der Waals surface area contributed by atoms with Crippen molar-refractivity contribution in [2.45, 2.75) is 19.4 Å².